The van der Waals surface area contributed by atoms with Crippen LogP contribution < -0.4 is 10.4 Å². The fourth-order valence-corrected chi connectivity index (χ4v) is 8.69. The molecule has 0 aliphatic carbocycles. The topological polar surface area (TPSA) is 0 Å². The second-order valence-corrected chi connectivity index (χ2v) is 12.9. The molecule has 172 valence electrons. The number of fused-ring (bicyclic) bond motifs is 2. The van der Waals surface area contributed by atoms with E-state index in [1.807, 2.05) is 47.0 Å². The Kier molecular flexibility index (Phi) is 6.64. The van der Waals surface area contributed by atoms with Gasteiger partial charge in [0.25, 0.3) is 0 Å². The van der Waals surface area contributed by atoms with Gasteiger partial charge in [0.1, 0.15) is 0 Å². The molecule has 0 saturated carbocycles. The van der Waals surface area contributed by atoms with E-state index in [9.17, 15) is 0 Å². The van der Waals surface area contributed by atoms with Gasteiger partial charge in [-0.1, -0.05) is 120 Å². The zero-order valence-electron chi connectivity index (χ0n) is 19.6. The van der Waals surface area contributed by atoms with Crippen molar-refractivity contribution in [3.63, 3.8) is 0 Å². The molecule has 0 N–H and O–H groups in total. The zero-order valence-corrected chi connectivity index (χ0v) is 22.8. The summed E-state index contributed by atoms with van der Waals surface area (Å²) in [6.07, 6.45) is 5.52. The highest BCUT2D eigenvalue weighted by Gasteiger charge is 2.15. The Hall–Kier alpha value is -2.24. The van der Waals surface area contributed by atoms with Crippen molar-refractivity contribution in [2.45, 2.75) is 20.3 Å². The summed E-state index contributed by atoms with van der Waals surface area (Å²) < 4.78 is 2.74. The highest BCUT2D eigenvalue weighted by Crippen LogP contribution is 2.41. The van der Waals surface area contributed by atoms with Crippen LogP contribution in [0.25, 0.3) is 36.1 Å². The number of allylic oxidation sites excluding steroid dienone is 1. The molecule has 2 heterocycles. The minimum atomic E-state index is 0.917. The molecule has 35 heavy (non-hydrogen) atoms. The predicted octanol–water partition coefficient (Wildman–Crippen LogP) is 8.90. The molecule has 2 aliphatic rings. The van der Waals surface area contributed by atoms with Gasteiger partial charge in [0.2, 0.25) is 0 Å². The summed E-state index contributed by atoms with van der Waals surface area (Å²) in [4.78, 5) is 0. The Bertz CT molecular complexity index is 1650. The van der Waals surface area contributed by atoms with E-state index in [0.29, 0.717) is 0 Å². The third-order valence-electron chi connectivity index (χ3n) is 6.49. The van der Waals surface area contributed by atoms with E-state index >= 15 is 0 Å². The molecule has 2 aliphatic heterocycles. The molecular formula is C31H24S4. The van der Waals surface area contributed by atoms with E-state index in [0.717, 1.165) is 6.42 Å². The summed E-state index contributed by atoms with van der Waals surface area (Å²) in [7, 11) is 0. The Morgan fingerprint density at radius 2 is 1.14 bits per heavy atom. The lowest BCUT2D eigenvalue weighted by molar-refractivity contribution is 1.28. The molecule has 0 unspecified atom stereocenters. The summed E-state index contributed by atoms with van der Waals surface area (Å²) >= 11 is 7.37. The van der Waals surface area contributed by atoms with E-state index in [1.165, 1.54) is 62.7 Å². The van der Waals surface area contributed by atoms with Crippen LogP contribution in [0.5, 0.6) is 0 Å². The molecule has 4 aromatic carbocycles. The van der Waals surface area contributed by atoms with Gasteiger partial charge in [-0.2, -0.15) is 0 Å². The predicted molar refractivity (Wildman–Crippen MR) is 165 cm³/mol. The first-order valence-electron chi connectivity index (χ1n) is 11.6. The lowest BCUT2D eigenvalue weighted by atomic mass is 9.96. The molecule has 0 atom stereocenters. The Morgan fingerprint density at radius 1 is 0.600 bits per heavy atom. The number of rotatable bonds is 3. The number of hydrogen-bond acceptors (Lipinski definition) is 4. The molecule has 0 saturated heterocycles. The maximum absolute atomic E-state index is 2.43. The van der Waals surface area contributed by atoms with Crippen LogP contribution >= 0.6 is 47.0 Å². The van der Waals surface area contributed by atoms with E-state index in [2.05, 4.69) is 108 Å². The maximum Gasteiger partial charge on any atom is 0.0571 e. The number of benzene rings is 4. The third kappa shape index (κ3) is 4.42. The van der Waals surface area contributed by atoms with Crippen molar-refractivity contribution >= 4 is 83.1 Å². The van der Waals surface area contributed by atoms with Crippen LogP contribution in [0.4, 0.5) is 0 Å². The van der Waals surface area contributed by atoms with Gasteiger partial charge in [0.15, 0.2) is 0 Å². The van der Waals surface area contributed by atoms with Gasteiger partial charge in [-0.15, -0.1) is 0 Å². The molecule has 0 amide bonds. The summed E-state index contributed by atoms with van der Waals surface area (Å²) in [5.74, 6) is 0. The number of thioether (sulfide) groups is 4. The van der Waals surface area contributed by atoms with Gasteiger partial charge < -0.3 is 0 Å². The van der Waals surface area contributed by atoms with Crippen molar-refractivity contribution in [2.75, 3.05) is 0 Å². The molecule has 4 heteroatoms. The fraction of sp³-hybridized carbons (Fsp3) is 0.0968. The summed E-state index contributed by atoms with van der Waals surface area (Å²) in [5.41, 5.74) is 5.34. The summed E-state index contributed by atoms with van der Waals surface area (Å²) in [6.45, 7) is 4.38. The molecule has 4 aromatic rings. The lowest BCUT2D eigenvalue weighted by Crippen LogP contribution is -2.17. The van der Waals surface area contributed by atoms with Crippen LogP contribution in [0.3, 0.4) is 0 Å². The van der Waals surface area contributed by atoms with Gasteiger partial charge in [-0.05, 0) is 85.7 Å². The minimum Gasteiger partial charge on any atom is -0.0895 e. The second kappa shape index (κ2) is 10.0. The van der Waals surface area contributed by atoms with E-state index < -0.39 is 0 Å². The standard InChI is InChI=1S/C31H24S4/c1-20-7-5-8-21(2)23(20)12-6-9-22-13-14-26-27(19-22)29(31-34-17-18-35-31)25-11-4-3-10-24(25)28(26)30-32-15-16-33-30/h3-8,10-19H,9H2,1-2H3/b12-6+. The van der Waals surface area contributed by atoms with E-state index in [4.69, 9.17) is 0 Å². The van der Waals surface area contributed by atoms with Crippen LogP contribution in [0.15, 0.2) is 88.4 Å². The number of hydrogen-bond donors (Lipinski definition) is 0. The van der Waals surface area contributed by atoms with Gasteiger partial charge in [0, 0.05) is 10.4 Å². The van der Waals surface area contributed by atoms with Crippen molar-refractivity contribution in [3.05, 3.63) is 121 Å². The average Bonchev–Trinajstić information content (AvgIpc) is 3.59. The van der Waals surface area contributed by atoms with Gasteiger partial charge in [0.05, 0.1) is 8.47 Å². The van der Waals surface area contributed by atoms with Crippen LogP contribution in [-0.2, 0) is 6.42 Å². The summed E-state index contributed by atoms with van der Waals surface area (Å²) in [5, 5.41) is 16.9. The van der Waals surface area contributed by atoms with Crippen LogP contribution in [-0.4, -0.2) is 0 Å². The first-order valence-corrected chi connectivity index (χ1v) is 15.1. The molecule has 0 bridgehead atoms. The zero-order chi connectivity index (χ0) is 23.8. The quantitative estimate of drug-likeness (QED) is 0.245. The van der Waals surface area contributed by atoms with E-state index in [1.54, 1.807) is 0 Å². The van der Waals surface area contributed by atoms with Crippen molar-refractivity contribution in [1.82, 2.24) is 0 Å². The Labute approximate surface area is 223 Å². The highest BCUT2D eigenvalue weighted by atomic mass is 32.2. The molecule has 0 aromatic heterocycles. The van der Waals surface area contributed by atoms with Crippen LogP contribution in [0.2, 0.25) is 0 Å². The maximum atomic E-state index is 2.43. The van der Waals surface area contributed by atoms with Crippen molar-refractivity contribution < 1.29 is 0 Å². The monoisotopic (exact) mass is 524 g/mol. The van der Waals surface area contributed by atoms with Gasteiger partial charge >= 0.3 is 0 Å². The lowest BCUT2D eigenvalue weighted by Gasteiger charge is -2.12. The fourth-order valence-electron chi connectivity index (χ4n) is 4.85. The largest absolute Gasteiger partial charge is 0.0895 e. The molecule has 0 nitrogen and oxygen atoms in total. The Morgan fingerprint density at radius 3 is 1.74 bits per heavy atom. The number of aryl methyl sites for hydroxylation is 2. The van der Waals surface area contributed by atoms with Gasteiger partial charge in [-0.3, -0.25) is 0 Å². The molecule has 0 fully saturated rings. The SMILES string of the molecule is Cc1cccc(C)c1/C=C/Cc1ccc2c(=C3SC=CS3)c3ccccc3c(=C3SC=CS3)c2c1. The van der Waals surface area contributed by atoms with Gasteiger partial charge in [-0.25, -0.2) is 0 Å². The third-order valence-corrected chi connectivity index (χ3v) is 10.7. The van der Waals surface area contributed by atoms with Crippen LogP contribution in [0, 0.1) is 13.8 Å². The minimum absolute atomic E-state index is 0.917. The highest BCUT2D eigenvalue weighted by molar-refractivity contribution is 8.35. The Balaban J connectivity index is 1.57. The molecule has 6 rings (SSSR count). The normalized spacial score (nSPS) is 15.5. The van der Waals surface area contributed by atoms with Crippen molar-refractivity contribution in [3.8, 4) is 0 Å². The second-order valence-electron chi connectivity index (χ2n) is 8.68. The van der Waals surface area contributed by atoms with Crippen LogP contribution in [0.1, 0.15) is 22.3 Å². The molecule has 0 radical (unpaired) electrons. The molecular weight excluding hydrogens is 501 g/mol. The first kappa shape index (κ1) is 23.2. The average molecular weight is 525 g/mol. The van der Waals surface area contributed by atoms with Crippen molar-refractivity contribution in [1.29, 1.82) is 0 Å². The van der Waals surface area contributed by atoms with E-state index in [-0.39, 0.29) is 0 Å². The van der Waals surface area contributed by atoms with Crippen molar-refractivity contribution in [2.24, 2.45) is 0 Å². The molecule has 0 spiro atoms. The smallest absolute Gasteiger partial charge is 0.0571 e. The first-order chi connectivity index (χ1) is 17.2. The summed E-state index contributed by atoms with van der Waals surface area (Å²) in [6, 6.07) is 22.5.